The van der Waals surface area contributed by atoms with Crippen LogP contribution in [-0.4, -0.2) is 7.11 Å². The fourth-order valence-corrected chi connectivity index (χ4v) is 1.51. The Morgan fingerprint density at radius 1 is 1.17 bits per heavy atom. The lowest BCUT2D eigenvalue weighted by Crippen LogP contribution is -1.86. The van der Waals surface area contributed by atoms with E-state index in [9.17, 15) is 0 Å². The van der Waals surface area contributed by atoms with Crippen LogP contribution in [0.5, 0.6) is 0 Å². The summed E-state index contributed by atoms with van der Waals surface area (Å²) in [7, 11) is 1.40. The first kappa shape index (κ1) is 9.23. The molecule has 0 spiro atoms. The molecule has 0 saturated heterocycles. The van der Waals surface area contributed by atoms with Gasteiger partial charge in [-0.15, -0.1) is 0 Å². The minimum absolute atomic E-state index is 1.30. The van der Waals surface area contributed by atoms with Gasteiger partial charge in [0, 0.05) is 0 Å². The molecule has 0 heterocycles. The van der Waals surface area contributed by atoms with Crippen molar-refractivity contribution in [2.24, 2.45) is 5.90 Å². The molecule has 12 heavy (non-hydrogen) atoms. The van der Waals surface area contributed by atoms with Gasteiger partial charge in [0.1, 0.15) is 0 Å². The topological polar surface area (TPSA) is 35.2 Å². The summed E-state index contributed by atoms with van der Waals surface area (Å²) in [4.78, 5) is 3.75. The Bertz CT molecular complexity index is 212. The molecule has 0 aliphatic heterocycles. The van der Waals surface area contributed by atoms with Crippen LogP contribution in [0.1, 0.15) is 17.5 Å². The molecule has 0 fully saturated rings. The Hall–Kier alpha value is -0.860. The summed E-state index contributed by atoms with van der Waals surface area (Å²) in [5.74, 6) is 4.35. The monoisotopic (exact) mass is 165 g/mol. The summed E-state index contributed by atoms with van der Waals surface area (Å²) in [6.07, 6.45) is 3.96. The van der Waals surface area contributed by atoms with Crippen molar-refractivity contribution in [1.82, 2.24) is 0 Å². The highest BCUT2D eigenvalue weighted by atomic mass is 16.6. The number of aryl methyl sites for hydroxylation is 2. The van der Waals surface area contributed by atoms with Crippen LogP contribution in [-0.2, 0) is 17.7 Å². The molecule has 2 heteroatoms. The Balaban J connectivity index is 0.000000213. The van der Waals surface area contributed by atoms with E-state index in [2.05, 4.69) is 35.0 Å². The summed E-state index contributed by atoms with van der Waals surface area (Å²) in [5.41, 5.74) is 3.13. The van der Waals surface area contributed by atoms with Gasteiger partial charge in [-0.3, -0.25) is 0 Å². The van der Waals surface area contributed by atoms with Crippen molar-refractivity contribution >= 4 is 0 Å². The minimum Gasteiger partial charge on any atom is -0.308 e. The van der Waals surface area contributed by atoms with Crippen LogP contribution in [0.4, 0.5) is 0 Å². The summed E-state index contributed by atoms with van der Waals surface area (Å²) in [5, 5.41) is 0. The molecule has 0 bridgehead atoms. The molecule has 2 N–H and O–H groups in total. The second kappa shape index (κ2) is 4.91. The van der Waals surface area contributed by atoms with Crippen LogP contribution in [0.25, 0.3) is 0 Å². The van der Waals surface area contributed by atoms with Crippen molar-refractivity contribution in [2.75, 3.05) is 7.11 Å². The predicted octanol–water partition coefficient (Wildman–Crippen LogP) is 1.68. The first-order valence-corrected chi connectivity index (χ1v) is 4.18. The first-order chi connectivity index (χ1) is 5.88. The smallest absolute Gasteiger partial charge is 0.0569 e. The van der Waals surface area contributed by atoms with Crippen LogP contribution in [0.2, 0.25) is 0 Å². The number of hydrogen-bond acceptors (Lipinski definition) is 2. The quantitative estimate of drug-likeness (QED) is 0.594. The van der Waals surface area contributed by atoms with E-state index in [0.29, 0.717) is 0 Å². The van der Waals surface area contributed by atoms with Gasteiger partial charge >= 0.3 is 0 Å². The highest BCUT2D eigenvalue weighted by Crippen LogP contribution is 2.20. The molecule has 0 amide bonds. The molecule has 0 saturated carbocycles. The molecule has 1 aliphatic carbocycles. The van der Waals surface area contributed by atoms with Gasteiger partial charge in [-0.1, -0.05) is 24.3 Å². The Kier molecular flexibility index (Phi) is 3.77. The Morgan fingerprint density at radius 3 is 2.00 bits per heavy atom. The zero-order valence-corrected chi connectivity index (χ0v) is 7.42. The van der Waals surface area contributed by atoms with Gasteiger partial charge in [0.15, 0.2) is 0 Å². The van der Waals surface area contributed by atoms with E-state index >= 15 is 0 Å². The number of rotatable bonds is 0. The molecule has 0 atom stereocenters. The molecule has 0 unspecified atom stereocenters. The predicted molar refractivity (Wildman–Crippen MR) is 49.7 cm³/mol. The lowest BCUT2D eigenvalue weighted by atomic mass is 10.1. The molecule has 1 aromatic carbocycles. The maximum atomic E-state index is 4.35. The average molecular weight is 165 g/mol. The van der Waals surface area contributed by atoms with Gasteiger partial charge in [0.05, 0.1) is 7.11 Å². The molecule has 2 nitrogen and oxygen atoms in total. The van der Waals surface area contributed by atoms with Crippen molar-refractivity contribution in [3.05, 3.63) is 35.4 Å². The summed E-state index contributed by atoms with van der Waals surface area (Å²) in [6, 6.07) is 8.74. The van der Waals surface area contributed by atoms with Gasteiger partial charge in [-0.2, -0.15) is 0 Å². The first-order valence-electron chi connectivity index (χ1n) is 4.18. The Labute approximate surface area is 73.3 Å². The maximum absolute atomic E-state index is 4.35. The summed E-state index contributed by atoms with van der Waals surface area (Å²) < 4.78 is 0. The lowest BCUT2D eigenvalue weighted by Gasteiger charge is -1.93. The van der Waals surface area contributed by atoms with Gasteiger partial charge in [0.25, 0.3) is 0 Å². The molecule has 1 aliphatic rings. The van der Waals surface area contributed by atoms with Crippen LogP contribution in [0.15, 0.2) is 24.3 Å². The molecule has 1 aromatic rings. The van der Waals surface area contributed by atoms with Gasteiger partial charge < -0.3 is 4.84 Å². The molecule has 66 valence electrons. The fraction of sp³-hybridized carbons (Fsp3) is 0.400. The summed E-state index contributed by atoms with van der Waals surface area (Å²) >= 11 is 0. The van der Waals surface area contributed by atoms with Gasteiger partial charge in [-0.25, -0.2) is 5.90 Å². The number of nitrogens with two attached hydrogens (primary N) is 1. The lowest BCUT2D eigenvalue weighted by molar-refractivity contribution is 0.206. The highest BCUT2D eigenvalue weighted by molar-refractivity contribution is 5.30. The van der Waals surface area contributed by atoms with E-state index in [1.807, 2.05) is 0 Å². The fourth-order valence-electron chi connectivity index (χ4n) is 1.51. The van der Waals surface area contributed by atoms with Crippen molar-refractivity contribution in [3.8, 4) is 0 Å². The van der Waals surface area contributed by atoms with Crippen molar-refractivity contribution in [3.63, 3.8) is 0 Å². The molecule has 0 aromatic heterocycles. The third-order valence-corrected chi connectivity index (χ3v) is 2.01. The van der Waals surface area contributed by atoms with E-state index in [0.717, 1.165) is 0 Å². The van der Waals surface area contributed by atoms with Crippen LogP contribution < -0.4 is 5.90 Å². The van der Waals surface area contributed by atoms with E-state index in [1.54, 1.807) is 11.1 Å². The van der Waals surface area contributed by atoms with Crippen LogP contribution in [0, 0.1) is 0 Å². The van der Waals surface area contributed by atoms with E-state index in [1.165, 1.54) is 26.4 Å². The number of fused-ring (bicyclic) bond motifs is 1. The molecular weight excluding hydrogens is 150 g/mol. The van der Waals surface area contributed by atoms with Crippen molar-refractivity contribution in [1.29, 1.82) is 0 Å². The van der Waals surface area contributed by atoms with Crippen LogP contribution >= 0.6 is 0 Å². The van der Waals surface area contributed by atoms with E-state index < -0.39 is 0 Å². The normalized spacial score (nSPS) is 13.2. The number of benzene rings is 1. The molecule has 0 radical (unpaired) electrons. The second-order valence-electron chi connectivity index (χ2n) is 2.86. The van der Waals surface area contributed by atoms with Gasteiger partial charge in [-0.05, 0) is 30.4 Å². The highest BCUT2D eigenvalue weighted by Gasteiger charge is 2.07. The van der Waals surface area contributed by atoms with E-state index in [-0.39, 0.29) is 0 Å². The van der Waals surface area contributed by atoms with Crippen molar-refractivity contribution < 1.29 is 4.84 Å². The zero-order valence-electron chi connectivity index (χ0n) is 7.42. The van der Waals surface area contributed by atoms with Crippen LogP contribution in [0.3, 0.4) is 0 Å². The largest absolute Gasteiger partial charge is 0.308 e. The minimum atomic E-state index is 1.30. The zero-order chi connectivity index (χ0) is 8.81. The third-order valence-electron chi connectivity index (χ3n) is 2.01. The van der Waals surface area contributed by atoms with E-state index in [4.69, 9.17) is 0 Å². The summed E-state index contributed by atoms with van der Waals surface area (Å²) in [6.45, 7) is 0. The van der Waals surface area contributed by atoms with Crippen molar-refractivity contribution in [2.45, 2.75) is 19.3 Å². The van der Waals surface area contributed by atoms with Gasteiger partial charge in [0.2, 0.25) is 0 Å². The third kappa shape index (κ3) is 2.32. The average Bonchev–Trinajstić information content (AvgIpc) is 2.52. The Morgan fingerprint density at radius 2 is 1.58 bits per heavy atom. The standard InChI is InChI=1S/C9H10.CH5NO/c1-2-5-9-7-3-6-8(9)4-1;1-3-2/h1-2,4-5H,3,6-7H2;2H2,1H3. The molecule has 2 rings (SSSR count). The molecular formula is C10H15NO. The second-order valence-corrected chi connectivity index (χ2v) is 2.86. The SMILES string of the molecule is CON.c1ccc2c(c1)CCC2. The maximum Gasteiger partial charge on any atom is 0.0569 e. The number of hydrogen-bond donors (Lipinski definition) is 1.